The van der Waals surface area contributed by atoms with Gasteiger partial charge < -0.3 is 5.73 Å². The molecule has 0 saturated heterocycles. The van der Waals surface area contributed by atoms with E-state index in [1.54, 1.807) is 0 Å². The van der Waals surface area contributed by atoms with Gasteiger partial charge >= 0.3 is 0 Å². The highest BCUT2D eigenvalue weighted by Gasteiger charge is 2.17. The predicted octanol–water partition coefficient (Wildman–Crippen LogP) is 4.91. The van der Waals surface area contributed by atoms with Gasteiger partial charge in [-0.1, -0.05) is 59.1 Å². The van der Waals surface area contributed by atoms with Gasteiger partial charge in [0.25, 0.3) is 0 Å². The molecule has 1 fully saturated rings. The van der Waals surface area contributed by atoms with Crippen molar-refractivity contribution in [2.45, 2.75) is 72.6 Å². The summed E-state index contributed by atoms with van der Waals surface area (Å²) in [6.07, 6.45) is 9.70. The summed E-state index contributed by atoms with van der Waals surface area (Å²) >= 11 is 0. The Morgan fingerprint density at radius 1 is 1.25 bits per heavy atom. The molecule has 1 aliphatic carbocycles. The average molecular weight is 227 g/mol. The maximum atomic E-state index is 4.85. The Morgan fingerprint density at radius 3 is 2.19 bits per heavy atom. The first kappa shape index (κ1) is 18.1. The molecule has 1 aliphatic rings. The van der Waals surface area contributed by atoms with Crippen LogP contribution in [0, 0.1) is 5.92 Å². The number of hydrogen-bond donors (Lipinski definition) is 1. The topological polar surface area (TPSA) is 26.0 Å². The lowest BCUT2D eigenvalue weighted by atomic mass is 9.97. The van der Waals surface area contributed by atoms with Gasteiger partial charge in [0.15, 0.2) is 0 Å². The van der Waals surface area contributed by atoms with Crippen molar-refractivity contribution in [1.29, 1.82) is 0 Å². The summed E-state index contributed by atoms with van der Waals surface area (Å²) in [4.78, 5) is 0. The second-order valence-electron chi connectivity index (χ2n) is 4.15. The number of rotatable bonds is 4. The molecule has 1 nitrogen and oxygen atoms in total. The lowest BCUT2D eigenvalue weighted by molar-refractivity contribution is 0.527. The number of unbranched alkanes of at least 4 members (excludes halogenated alkanes) is 2. The van der Waals surface area contributed by atoms with E-state index in [2.05, 4.69) is 13.5 Å². The van der Waals surface area contributed by atoms with Gasteiger partial charge in [0.05, 0.1) is 0 Å². The van der Waals surface area contributed by atoms with Crippen LogP contribution in [0.2, 0.25) is 0 Å². The van der Waals surface area contributed by atoms with Gasteiger partial charge in [-0.15, -0.1) is 0 Å². The summed E-state index contributed by atoms with van der Waals surface area (Å²) in [7, 11) is 0. The van der Waals surface area contributed by atoms with E-state index in [4.69, 9.17) is 5.73 Å². The molecule has 0 amide bonds. The monoisotopic (exact) mass is 227 g/mol. The third kappa shape index (κ3) is 10.2. The zero-order valence-electron chi connectivity index (χ0n) is 12.0. The van der Waals surface area contributed by atoms with Gasteiger partial charge in [-0.05, 0) is 38.1 Å². The molecule has 0 radical (unpaired) electrons. The largest absolute Gasteiger partial charge is 0.331 e. The van der Waals surface area contributed by atoms with Crippen molar-refractivity contribution >= 4 is 0 Å². The molecule has 0 aromatic heterocycles. The van der Waals surface area contributed by atoms with Crippen molar-refractivity contribution in [3.8, 4) is 0 Å². The fourth-order valence-corrected chi connectivity index (χ4v) is 1.97. The first-order valence-electron chi connectivity index (χ1n) is 7.13. The molecule has 0 heterocycles. The van der Waals surface area contributed by atoms with Crippen LogP contribution in [0.25, 0.3) is 0 Å². The van der Waals surface area contributed by atoms with Gasteiger partial charge in [0.2, 0.25) is 0 Å². The first-order chi connectivity index (χ1) is 7.76. The number of allylic oxidation sites excluding steroid dienone is 1. The molecule has 0 bridgehead atoms. The number of nitrogens with two attached hydrogens (primary N) is 1. The highest BCUT2D eigenvalue weighted by Crippen LogP contribution is 2.33. The van der Waals surface area contributed by atoms with Crippen molar-refractivity contribution < 1.29 is 0 Å². The third-order valence-corrected chi connectivity index (χ3v) is 2.78. The Kier molecular flexibility index (Phi) is 16.6. The average Bonchev–Trinajstić information content (AvgIpc) is 2.69. The second-order valence-corrected chi connectivity index (χ2v) is 4.15. The van der Waals surface area contributed by atoms with Crippen LogP contribution in [0.5, 0.6) is 0 Å². The normalized spacial score (nSPS) is 18.3. The highest BCUT2D eigenvalue weighted by atomic mass is 14.5. The molecule has 16 heavy (non-hydrogen) atoms. The fraction of sp³-hybridized carbons (Fsp3) is 0.867. The zero-order chi connectivity index (χ0) is 12.8. The molecule has 1 heteroatoms. The molecular weight excluding hydrogens is 194 g/mol. The SMILES string of the molecule is C=C1CCCC1CCCCC.CC.CCN. The van der Waals surface area contributed by atoms with Crippen LogP contribution in [0.1, 0.15) is 72.6 Å². The Labute approximate surface area is 104 Å². The minimum atomic E-state index is 0.750. The van der Waals surface area contributed by atoms with E-state index in [0.29, 0.717) is 0 Å². The summed E-state index contributed by atoms with van der Waals surface area (Å²) in [6.45, 7) is 13.0. The van der Waals surface area contributed by atoms with Crippen LogP contribution in [0.15, 0.2) is 12.2 Å². The van der Waals surface area contributed by atoms with Crippen LogP contribution in [0.4, 0.5) is 0 Å². The minimum Gasteiger partial charge on any atom is -0.331 e. The molecule has 1 saturated carbocycles. The minimum absolute atomic E-state index is 0.750. The maximum Gasteiger partial charge on any atom is -0.0106 e. The van der Waals surface area contributed by atoms with Crippen molar-refractivity contribution in [3.63, 3.8) is 0 Å². The summed E-state index contributed by atoms with van der Waals surface area (Å²) in [5.74, 6) is 0.890. The molecule has 0 aromatic carbocycles. The van der Waals surface area contributed by atoms with Crippen LogP contribution < -0.4 is 5.73 Å². The maximum absolute atomic E-state index is 4.85. The van der Waals surface area contributed by atoms with Crippen LogP contribution in [0.3, 0.4) is 0 Å². The van der Waals surface area contributed by atoms with E-state index in [9.17, 15) is 0 Å². The quantitative estimate of drug-likeness (QED) is 0.536. The molecular formula is C15H33N. The van der Waals surface area contributed by atoms with Crippen molar-refractivity contribution in [3.05, 3.63) is 12.2 Å². The van der Waals surface area contributed by atoms with Gasteiger partial charge in [-0.2, -0.15) is 0 Å². The van der Waals surface area contributed by atoms with Gasteiger partial charge in [0.1, 0.15) is 0 Å². The van der Waals surface area contributed by atoms with Crippen molar-refractivity contribution in [1.82, 2.24) is 0 Å². The van der Waals surface area contributed by atoms with Crippen LogP contribution in [-0.2, 0) is 0 Å². The van der Waals surface area contributed by atoms with E-state index < -0.39 is 0 Å². The van der Waals surface area contributed by atoms with Crippen molar-refractivity contribution in [2.75, 3.05) is 6.54 Å². The highest BCUT2D eigenvalue weighted by molar-refractivity contribution is 5.05. The van der Waals surface area contributed by atoms with Gasteiger partial charge in [-0.25, -0.2) is 0 Å². The lowest BCUT2D eigenvalue weighted by Gasteiger charge is -2.09. The predicted molar refractivity (Wildman–Crippen MR) is 76.7 cm³/mol. The Bertz CT molecular complexity index is 140. The van der Waals surface area contributed by atoms with Gasteiger partial charge in [0, 0.05) is 0 Å². The molecule has 1 atom stereocenters. The van der Waals surface area contributed by atoms with E-state index in [1.807, 2.05) is 20.8 Å². The molecule has 2 N–H and O–H groups in total. The second kappa shape index (κ2) is 14.7. The van der Waals surface area contributed by atoms with Gasteiger partial charge in [-0.3, -0.25) is 0 Å². The van der Waals surface area contributed by atoms with Crippen LogP contribution >= 0.6 is 0 Å². The Hall–Kier alpha value is -0.300. The molecule has 98 valence electrons. The lowest BCUT2D eigenvalue weighted by Crippen LogP contribution is -1.94. The summed E-state index contributed by atoms with van der Waals surface area (Å²) in [5, 5.41) is 0. The Morgan fingerprint density at radius 2 is 1.81 bits per heavy atom. The molecule has 0 aromatic rings. The fourth-order valence-electron chi connectivity index (χ4n) is 1.97. The molecule has 1 rings (SSSR count). The van der Waals surface area contributed by atoms with Crippen LogP contribution in [-0.4, -0.2) is 6.54 Å². The summed E-state index contributed by atoms with van der Waals surface area (Å²) < 4.78 is 0. The molecule has 0 aliphatic heterocycles. The van der Waals surface area contributed by atoms with E-state index in [-0.39, 0.29) is 0 Å². The molecule has 0 spiro atoms. The summed E-state index contributed by atoms with van der Waals surface area (Å²) in [6, 6.07) is 0. The third-order valence-electron chi connectivity index (χ3n) is 2.78. The standard InChI is InChI=1S/C11H20.C2H7N.C2H6/c1-3-4-5-8-11-9-6-7-10(11)2;1-2-3;1-2/h11H,2-9H2,1H3;2-3H2,1H3;1-2H3. The first-order valence-corrected chi connectivity index (χ1v) is 7.13. The molecule has 1 unspecified atom stereocenters. The Balaban J connectivity index is 0. The van der Waals surface area contributed by atoms with E-state index >= 15 is 0 Å². The smallest absolute Gasteiger partial charge is 0.0106 e. The zero-order valence-corrected chi connectivity index (χ0v) is 12.0. The number of hydrogen-bond acceptors (Lipinski definition) is 1. The summed E-state index contributed by atoms with van der Waals surface area (Å²) in [5.41, 5.74) is 6.38. The van der Waals surface area contributed by atoms with E-state index in [0.717, 1.165) is 12.5 Å². The van der Waals surface area contributed by atoms with Crippen molar-refractivity contribution in [2.24, 2.45) is 11.7 Å². The van der Waals surface area contributed by atoms with E-state index in [1.165, 1.54) is 50.5 Å².